The van der Waals surface area contributed by atoms with Crippen LogP contribution in [-0.2, 0) is 0 Å². The van der Waals surface area contributed by atoms with Crippen molar-refractivity contribution in [3.8, 4) is 0 Å². The van der Waals surface area contributed by atoms with Gasteiger partial charge in [0.25, 0.3) is 0 Å². The first-order chi connectivity index (χ1) is 8.99. The van der Waals surface area contributed by atoms with Crippen LogP contribution in [-0.4, -0.2) is 22.1 Å². The number of halogens is 1. The number of hydrogen-bond acceptors (Lipinski definition) is 3. The van der Waals surface area contributed by atoms with Gasteiger partial charge in [-0.2, -0.15) is 0 Å². The van der Waals surface area contributed by atoms with Crippen LogP contribution in [0.4, 0.5) is 10.2 Å². The highest BCUT2D eigenvalue weighted by Crippen LogP contribution is 2.31. The Labute approximate surface area is 112 Å². The Morgan fingerprint density at radius 1 is 1.47 bits per heavy atom. The zero-order valence-electron chi connectivity index (χ0n) is 11.2. The molecule has 2 rings (SSSR count). The van der Waals surface area contributed by atoms with E-state index in [1.165, 1.54) is 6.42 Å². The smallest absolute Gasteiger partial charge is 0.339 e. The summed E-state index contributed by atoms with van der Waals surface area (Å²) in [5.74, 6) is -0.485. The molecule has 0 bridgehead atoms. The van der Waals surface area contributed by atoms with Gasteiger partial charge in [-0.05, 0) is 24.3 Å². The number of anilines is 1. The molecule has 1 aliphatic rings. The van der Waals surface area contributed by atoms with Gasteiger partial charge in [-0.3, -0.25) is 0 Å². The van der Waals surface area contributed by atoms with E-state index in [2.05, 4.69) is 24.1 Å². The van der Waals surface area contributed by atoms with Crippen molar-refractivity contribution in [3.63, 3.8) is 0 Å². The molecule has 0 spiro atoms. The van der Waals surface area contributed by atoms with E-state index in [1.54, 1.807) is 0 Å². The third kappa shape index (κ3) is 3.03. The third-order valence-electron chi connectivity index (χ3n) is 4.11. The first kappa shape index (κ1) is 13.8. The van der Waals surface area contributed by atoms with Crippen LogP contribution >= 0.6 is 0 Å². The highest BCUT2D eigenvalue weighted by atomic mass is 19.1. The van der Waals surface area contributed by atoms with Gasteiger partial charge in [0, 0.05) is 6.04 Å². The number of aromatic nitrogens is 1. The molecule has 0 aromatic carbocycles. The first-order valence-corrected chi connectivity index (χ1v) is 6.64. The van der Waals surface area contributed by atoms with Crippen molar-refractivity contribution < 1.29 is 14.3 Å². The van der Waals surface area contributed by atoms with Gasteiger partial charge in [0.2, 0.25) is 0 Å². The molecule has 3 unspecified atom stereocenters. The van der Waals surface area contributed by atoms with Gasteiger partial charge in [0.1, 0.15) is 17.2 Å². The average molecular weight is 266 g/mol. The molecule has 0 saturated heterocycles. The molecule has 0 radical (unpaired) electrons. The average Bonchev–Trinajstić information content (AvgIpc) is 2.36. The number of carbonyl (C=O) groups is 1. The zero-order valence-corrected chi connectivity index (χ0v) is 11.2. The Kier molecular flexibility index (Phi) is 4.02. The third-order valence-corrected chi connectivity index (χ3v) is 4.11. The summed E-state index contributed by atoms with van der Waals surface area (Å²) >= 11 is 0. The van der Waals surface area contributed by atoms with Crippen LogP contribution in [0.5, 0.6) is 0 Å². The second-order valence-corrected chi connectivity index (χ2v) is 5.37. The lowest BCUT2D eigenvalue weighted by Crippen LogP contribution is -2.35. The minimum Gasteiger partial charge on any atom is -0.478 e. The SMILES string of the molecule is CC1CCCC(Nc2ncc(F)cc2C(=O)O)C1C. The molecule has 0 aliphatic heterocycles. The molecule has 2 N–H and O–H groups in total. The molecule has 104 valence electrons. The number of rotatable bonds is 3. The normalized spacial score (nSPS) is 27.0. The van der Waals surface area contributed by atoms with Crippen molar-refractivity contribution in [3.05, 3.63) is 23.6 Å². The maximum atomic E-state index is 13.1. The van der Waals surface area contributed by atoms with E-state index >= 15 is 0 Å². The maximum Gasteiger partial charge on any atom is 0.339 e. The van der Waals surface area contributed by atoms with Crippen LogP contribution in [0.15, 0.2) is 12.3 Å². The zero-order chi connectivity index (χ0) is 14.0. The lowest BCUT2D eigenvalue weighted by Gasteiger charge is -2.35. The van der Waals surface area contributed by atoms with E-state index in [-0.39, 0.29) is 17.4 Å². The van der Waals surface area contributed by atoms with Gasteiger partial charge in [0.15, 0.2) is 0 Å². The van der Waals surface area contributed by atoms with Crippen LogP contribution in [0, 0.1) is 17.7 Å². The number of hydrogen-bond donors (Lipinski definition) is 2. The Balaban J connectivity index is 2.21. The molecule has 1 heterocycles. The Bertz CT molecular complexity index is 479. The number of carboxylic acids is 1. The van der Waals surface area contributed by atoms with E-state index in [1.807, 2.05) is 0 Å². The van der Waals surface area contributed by atoms with Crippen LogP contribution in [0.3, 0.4) is 0 Å². The summed E-state index contributed by atoms with van der Waals surface area (Å²) in [4.78, 5) is 15.0. The Morgan fingerprint density at radius 3 is 2.89 bits per heavy atom. The molecule has 1 aromatic heterocycles. The molecule has 1 saturated carbocycles. The van der Waals surface area contributed by atoms with E-state index in [4.69, 9.17) is 5.11 Å². The van der Waals surface area contributed by atoms with Crippen molar-refractivity contribution in [2.75, 3.05) is 5.32 Å². The van der Waals surface area contributed by atoms with Gasteiger partial charge < -0.3 is 10.4 Å². The largest absolute Gasteiger partial charge is 0.478 e. The maximum absolute atomic E-state index is 13.1. The van der Waals surface area contributed by atoms with Gasteiger partial charge in [-0.25, -0.2) is 14.2 Å². The first-order valence-electron chi connectivity index (χ1n) is 6.64. The number of carboxylic acid groups (broad SMARTS) is 1. The predicted octanol–water partition coefficient (Wildman–Crippen LogP) is 3.16. The van der Waals surface area contributed by atoms with Gasteiger partial charge in [-0.1, -0.05) is 26.7 Å². The Morgan fingerprint density at radius 2 is 2.21 bits per heavy atom. The number of nitrogens with one attached hydrogen (secondary N) is 1. The minimum absolute atomic E-state index is 0.106. The molecule has 0 amide bonds. The van der Waals surface area contributed by atoms with Gasteiger partial charge >= 0.3 is 5.97 Å². The molecule has 3 atom stereocenters. The summed E-state index contributed by atoms with van der Waals surface area (Å²) in [6.07, 6.45) is 4.35. The Hall–Kier alpha value is -1.65. The monoisotopic (exact) mass is 266 g/mol. The van der Waals surface area contributed by atoms with Crippen LogP contribution in [0.25, 0.3) is 0 Å². The molecule has 1 aliphatic carbocycles. The molecule has 19 heavy (non-hydrogen) atoms. The predicted molar refractivity (Wildman–Crippen MR) is 70.7 cm³/mol. The summed E-state index contributed by atoms with van der Waals surface area (Å²) in [6, 6.07) is 1.20. The van der Waals surface area contributed by atoms with E-state index in [0.29, 0.717) is 11.8 Å². The molecular weight excluding hydrogens is 247 g/mol. The molecular formula is C14H19FN2O2. The van der Waals surface area contributed by atoms with Crippen LogP contribution in [0.1, 0.15) is 43.5 Å². The molecule has 1 aromatic rings. The van der Waals surface area contributed by atoms with E-state index in [0.717, 1.165) is 25.1 Å². The van der Waals surface area contributed by atoms with Crippen molar-refractivity contribution in [1.29, 1.82) is 0 Å². The lowest BCUT2D eigenvalue weighted by atomic mass is 9.78. The summed E-state index contributed by atoms with van der Waals surface area (Å²) in [6.45, 7) is 4.36. The second-order valence-electron chi connectivity index (χ2n) is 5.37. The topological polar surface area (TPSA) is 62.2 Å². The fraction of sp³-hybridized carbons (Fsp3) is 0.571. The molecule has 4 nitrogen and oxygen atoms in total. The number of nitrogens with zero attached hydrogens (tertiary/aromatic N) is 1. The van der Waals surface area contributed by atoms with E-state index < -0.39 is 11.8 Å². The highest BCUT2D eigenvalue weighted by Gasteiger charge is 2.28. The fourth-order valence-corrected chi connectivity index (χ4v) is 2.68. The molecule has 5 heteroatoms. The van der Waals surface area contributed by atoms with Crippen molar-refractivity contribution >= 4 is 11.8 Å². The minimum atomic E-state index is -1.16. The summed E-state index contributed by atoms with van der Waals surface area (Å²) in [5, 5.41) is 12.3. The second kappa shape index (κ2) is 5.55. The standard InChI is InChI=1S/C14H19FN2O2/c1-8-4-3-5-12(9(8)2)17-13-11(14(18)19)6-10(15)7-16-13/h6-9,12H,3-5H2,1-2H3,(H,16,17)(H,18,19). The number of aromatic carboxylic acids is 1. The van der Waals surface area contributed by atoms with Crippen LogP contribution in [0.2, 0.25) is 0 Å². The number of pyridine rings is 1. The van der Waals surface area contributed by atoms with Gasteiger partial charge in [-0.15, -0.1) is 0 Å². The summed E-state index contributed by atoms with van der Waals surface area (Å²) in [7, 11) is 0. The van der Waals surface area contributed by atoms with Crippen LogP contribution < -0.4 is 5.32 Å². The van der Waals surface area contributed by atoms with Crippen molar-refractivity contribution in [1.82, 2.24) is 4.98 Å². The summed E-state index contributed by atoms with van der Waals surface area (Å²) in [5.41, 5.74) is -0.106. The van der Waals surface area contributed by atoms with Crippen molar-refractivity contribution in [2.45, 2.75) is 39.2 Å². The van der Waals surface area contributed by atoms with E-state index in [9.17, 15) is 9.18 Å². The lowest BCUT2D eigenvalue weighted by molar-refractivity contribution is 0.0697. The van der Waals surface area contributed by atoms with Gasteiger partial charge in [0.05, 0.1) is 6.20 Å². The summed E-state index contributed by atoms with van der Waals surface area (Å²) < 4.78 is 13.1. The quantitative estimate of drug-likeness (QED) is 0.882. The highest BCUT2D eigenvalue weighted by molar-refractivity contribution is 5.93. The molecule has 1 fully saturated rings. The fourth-order valence-electron chi connectivity index (χ4n) is 2.68. The van der Waals surface area contributed by atoms with Crippen molar-refractivity contribution in [2.24, 2.45) is 11.8 Å².